The highest BCUT2D eigenvalue weighted by molar-refractivity contribution is 7.98. The van der Waals surface area contributed by atoms with Crippen LogP contribution in [0.3, 0.4) is 0 Å². The minimum atomic E-state index is 0.0236. The smallest absolute Gasteiger partial charge is 0.278 e. The monoisotopic (exact) mass is 313 g/mol. The molecule has 3 aromatic rings. The van der Waals surface area contributed by atoms with Gasteiger partial charge in [0.15, 0.2) is 5.16 Å². The molecular weight excluding hydrogens is 294 g/mol. The zero-order chi connectivity index (χ0) is 15.5. The highest BCUT2D eigenvalue weighted by atomic mass is 32.2. The van der Waals surface area contributed by atoms with Crippen LogP contribution in [-0.4, -0.2) is 14.5 Å². The van der Waals surface area contributed by atoms with Crippen LogP contribution in [0.25, 0.3) is 11.0 Å². The predicted octanol–water partition coefficient (Wildman–Crippen LogP) is 3.74. The van der Waals surface area contributed by atoms with Crippen molar-refractivity contribution in [2.45, 2.75) is 37.7 Å². The maximum absolute atomic E-state index is 12.6. The van der Waals surface area contributed by atoms with Gasteiger partial charge in [-0.05, 0) is 25.0 Å². The Bertz CT molecular complexity index is 836. The molecule has 0 fully saturated rings. The summed E-state index contributed by atoms with van der Waals surface area (Å²) in [6.45, 7) is 4.71. The summed E-state index contributed by atoms with van der Waals surface area (Å²) in [5.41, 5.74) is 3.58. The second-order valence-electron chi connectivity index (χ2n) is 5.34. The van der Waals surface area contributed by atoms with Gasteiger partial charge in [-0.2, -0.15) is 0 Å². The Morgan fingerprint density at radius 2 is 2.05 bits per heavy atom. The lowest BCUT2D eigenvalue weighted by Crippen LogP contribution is -2.23. The minimum Gasteiger partial charge on any atom is -0.353 e. The van der Waals surface area contributed by atoms with Crippen LogP contribution in [0.1, 0.15) is 24.6 Å². The summed E-state index contributed by atoms with van der Waals surface area (Å²) in [5, 5.41) is 0.794. The number of H-pyrrole nitrogens is 1. The Balaban J connectivity index is 1.99. The van der Waals surface area contributed by atoms with Crippen molar-refractivity contribution in [3.63, 3.8) is 0 Å². The normalized spacial score (nSPS) is 11.2. The van der Waals surface area contributed by atoms with Crippen molar-refractivity contribution in [3.05, 3.63) is 58.0 Å². The molecule has 2 aromatic heterocycles. The van der Waals surface area contributed by atoms with Crippen molar-refractivity contribution in [2.75, 3.05) is 0 Å². The Kier molecular flexibility index (Phi) is 4.34. The highest BCUT2D eigenvalue weighted by Crippen LogP contribution is 2.22. The van der Waals surface area contributed by atoms with Crippen LogP contribution in [0.2, 0.25) is 0 Å². The van der Waals surface area contributed by atoms with E-state index in [1.807, 2.05) is 31.2 Å². The number of hydrogen-bond donors (Lipinski definition) is 1. The summed E-state index contributed by atoms with van der Waals surface area (Å²) in [7, 11) is 0. The molecule has 0 amide bonds. The second kappa shape index (κ2) is 6.40. The van der Waals surface area contributed by atoms with Gasteiger partial charge >= 0.3 is 0 Å². The number of nitrogens with one attached hydrogen (secondary N) is 1. The quantitative estimate of drug-likeness (QED) is 0.577. The number of benzene rings is 1. The van der Waals surface area contributed by atoms with Crippen LogP contribution in [0, 0.1) is 6.92 Å². The number of fused-ring (bicyclic) bond motifs is 1. The SMILES string of the molecule is CCCn1c(SCc2ccccc2)nc2cc(C)[nH]c2c1=O. The molecule has 2 heterocycles. The molecule has 0 bridgehead atoms. The summed E-state index contributed by atoms with van der Waals surface area (Å²) in [4.78, 5) is 20.4. The molecule has 1 N–H and O–H groups in total. The van der Waals surface area contributed by atoms with Crippen molar-refractivity contribution >= 4 is 22.8 Å². The lowest BCUT2D eigenvalue weighted by Gasteiger charge is -2.10. The third-order valence-corrected chi connectivity index (χ3v) is 4.54. The van der Waals surface area contributed by atoms with Gasteiger partial charge in [-0.1, -0.05) is 49.0 Å². The molecule has 0 aliphatic rings. The summed E-state index contributed by atoms with van der Waals surface area (Å²) < 4.78 is 1.78. The number of rotatable bonds is 5. The Morgan fingerprint density at radius 1 is 1.27 bits per heavy atom. The topological polar surface area (TPSA) is 50.7 Å². The van der Waals surface area contributed by atoms with Gasteiger partial charge < -0.3 is 4.98 Å². The van der Waals surface area contributed by atoms with E-state index in [2.05, 4.69) is 29.0 Å². The van der Waals surface area contributed by atoms with Gasteiger partial charge in [-0.15, -0.1) is 0 Å². The van der Waals surface area contributed by atoms with Gasteiger partial charge in [0.05, 0.1) is 5.52 Å². The summed E-state index contributed by atoms with van der Waals surface area (Å²) in [6, 6.07) is 12.2. The summed E-state index contributed by atoms with van der Waals surface area (Å²) >= 11 is 1.62. The number of nitrogens with zero attached hydrogens (tertiary/aromatic N) is 2. The third kappa shape index (κ3) is 2.95. The third-order valence-electron chi connectivity index (χ3n) is 3.50. The molecule has 0 radical (unpaired) electrons. The summed E-state index contributed by atoms with van der Waals surface area (Å²) in [5.74, 6) is 0.811. The van der Waals surface area contributed by atoms with Crippen LogP contribution in [0.15, 0.2) is 46.3 Å². The van der Waals surface area contributed by atoms with E-state index in [-0.39, 0.29) is 5.56 Å². The molecule has 114 valence electrons. The lowest BCUT2D eigenvalue weighted by atomic mass is 10.2. The van der Waals surface area contributed by atoms with Crippen LogP contribution >= 0.6 is 11.8 Å². The van der Waals surface area contributed by atoms with E-state index in [0.29, 0.717) is 12.1 Å². The van der Waals surface area contributed by atoms with E-state index >= 15 is 0 Å². The van der Waals surface area contributed by atoms with Crippen molar-refractivity contribution in [1.29, 1.82) is 0 Å². The first-order chi connectivity index (χ1) is 10.7. The van der Waals surface area contributed by atoms with Crippen molar-refractivity contribution in [3.8, 4) is 0 Å². The van der Waals surface area contributed by atoms with E-state index in [0.717, 1.165) is 28.5 Å². The molecule has 0 aliphatic carbocycles. The molecule has 0 aliphatic heterocycles. The average Bonchev–Trinajstić information content (AvgIpc) is 2.90. The van der Waals surface area contributed by atoms with E-state index < -0.39 is 0 Å². The van der Waals surface area contributed by atoms with Gasteiger partial charge in [-0.25, -0.2) is 4.98 Å². The van der Waals surface area contributed by atoms with Crippen LogP contribution in [0.4, 0.5) is 0 Å². The number of aromatic nitrogens is 3. The van der Waals surface area contributed by atoms with Crippen LogP contribution in [0.5, 0.6) is 0 Å². The molecular formula is C17H19N3OS. The fourth-order valence-electron chi connectivity index (χ4n) is 2.46. The molecule has 0 spiro atoms. The first-order valence-corrected chi connectivity index (χ1v) is 8.44. The van der Waals surface area contributed by atoms with Crippen LogP contribution in [-0.2, 0) is 12.3 Å². The number of hydrogen-bond acceptors (Lipinski definition) is 3. The largest absolute Gasteiger partial charge is 0.353 e. The maximum atomic E-state index is 12.6. The molecule has 0 unspecified atom stereocenters. The Hall–Kier alpha value is -2.01. The average molecular weight is 313 g/mol. The van der Waals surface area contributed by atoms with E-state index in [1.165, 1.54) is 5.56 Å². The predicted molar refractivity (Wildman–Crippen MR) is 91.4 cm³/mol. The fourth-order valence-corrected chi connectivity index (χ4v) is 3.45. The minimum absolute atomic E-state index is 0.0236. The zero-order valence-corrected chi connectivity index (χ0v) is 13.6. The van der Waals surface area contributed by atoms with Gasteiger partial charge in [-0.3, -0.25) is 9.36 Å². The van der Waals surface area contributed by atoms with E-state index in [1.54, 1.807) is 16.3 Å². The number of thioether (sulfide) groups is 1. The number of aromatic amines is 1. The van der Waals surface area contributed by atoms with E-state index in [4.69, 9.17) is 0 Å². The Morgan fingerprint density at radius 3 is 2.77 bits per heavy atom. The fraction of sp³-hybridized carbons (Fsp3) is 0.294. The van der Waals surface area contributed by atoms with Gasteiger partial charge in [0, 0.05) is 18.0 Å². The maximum Gasteiger partial charge on any atom is 0.278 e. The highest BCUT2D eigenvalue weighted by Gasteiger charge is 2.13. The zero-order valence-electron chi connectivity index (χ0n) is 12.8. The van der Waals surface area contributed by atoms with E-state index in [9.17, 15) is 4.79 Å². The lowest BCUT2D eigenvalue weighted by molar-refractivity contribution is 0.584. The molecule has 0 atom stereocenters. The van der Waals surface area contributed by atoms with Crippen molar-refractivity contribution < 1.29 is 0 Å². The molecule has 22 heavy (non-hydrogen) atoms. The van der Waals surface area contributed by atoms with Gasteiger partial charge in [0.2, 0.25) is 0 Å². The molecule has 4 nitrogen and oxygen atoms in total. The van der Waals surface area contributed by atoms with Crippen LogP contribution < -0.4 is 5.56 Å². The number of aryl methyl sites for hydroxylation is 1. The molecule has 3 rings (SSSR count). The molecule has 0 saturated carbocycles. The Labute approximate surface area is 133 Å². The van der Waals surface area contributed by atoms with Gasteiger partial charge in [0.1, 0.15) is 5.52 Å². The molecule has 5 heteroatoms. The van der Waals surface area contributed by atoms with Crippen molar-refractivity contribution in [2.24, 2.45) is 0 Å². The molecule has 1 aromatic carbocycles. The molecule has 0 saturated heterocycles. The second-order valence-corrected chi connectivity index (χ2v) is 6.28. The summed E-state index contributed by atoms with van der Waals surface area (Å²) in [6.07, 6.45) is 0.908. The first kappa shape index (κ1) is 14.9. The van der Waals surface area contributed by atoms with Crippen molar-refractivity contribution in [1.82, 2.24) is 14.5 Å². The first-order valence-electron chi connectivity index (χ1n) is 7.46. The standard InChI is InChI=1S/C17H19N3OS/c1-3-9-20-16(21)15-14(10-12(2)18-15)19-17(20)22-11-13-7-5-4-6-8-13/h4-8,10,18H,3,9,11H2,1-2H3. The van der Waals surface area contributed by atoms with Gasteiger partial charge in [0.25, 0.3) is 5.56 Å².